The zero-order valence-electron chi connectivity index (χ0n) is 8.65. The van der Waals surface area contributed by atoms with Crippen LogP contribution in [0.2, 0.25) is 0 Å². The predicted molar refractivity (Wildman–Crippen MR) is 62.6 cm³/mol. The molecule has 1 aromatic heterocycles. The van der Waals surface area contributed by atoms with E-state index in [0.29, 0.717) is 0 Å². The van der Waals surface area contributed by atoms with E-state index in [9.17, 15) is 0 Å². The van der Waals surface area contributed by atoms with Crippen molar-refractivity contribution in [2.24, 2.45) is 0 Å². The normalized spacial score (nSPS) is 15.3. The van der Waals surface area contributed by atoms with Gasteiger partial charge in [0.2, 0.25) is 0 Å². The molecule has 0 fully saturated rings. The van der Waals surface area contributed by atoms with Crippen LogP contribution < -0.4 is 0 Å². The van der Waals surface area contributed by atoms with Gasteiger partial charge in [0.25, 0.3) is 0 Å². The molecule has 2 rings (SSSR count). The second kappa shape index (κ2) is 4.43. The Morgan fingerprint density at radius 3 is 2.93 bits per heavy atom. The van der Waals surface area contributed by atoms with E-state index in [1.54, 1.807) is 5.56 Å². The Morgan fingerprint density at radius 1 is 1.36 bits per heavy atom. The first kappa shape index (κ1) is 10.2. The smallest absolute Gasteiger partial charge is 0.106 e. The monoisotopic (exact) mass is 253 g/mol. The third-order valence-corrected chi connectivity index (χ3v) is 3.29. The summed E-state index contributed by atoms with van der Waals surface area (Å²) in [6.07, 6.45) is 7.48. The number of hydrogen-bond acceptors (Lipinski definition) is 1. The van der Waals surface area contributed by atoms with Gasteiger partial charge in [-0.15, -0.1) is 0 Å². The van der Waals surface area contributed by atoms with Crippen molar-refractivity contribution in [1.29, 1.82) is 0 Å². The molecule has 1 aliphatic carbocycles. The summed E-state index contributed by atoms with van der Waals surface area (Å²) in [6.45, 7) is 2.22. The summed E-state index contributed by atoms with van der Waals surface area (Å²) < 4.78 is 1.02. The molecule has 14 heavy (non-hydrogen) atoms. The van der Waals surface area contributed by atoms with Crippen molar-refractivity contribution in [2.45, 2.75) is 45.4 Å². The molecule has 0 aliphatic heterocycles. The van der Waals surface area contributed by atoms with Gasteiger partial charge in [-0.25, -0.2) is 4.98 Å². The summed E-state index contributed by atoms with van der Waals surface area (Å²) >= 11 is 3.50. The second-order valence-electron chi connectivity index (χ2n) is 3.99. The van der Waals surface area contributed by atoms with Gasteiger partial charge in [-0.05, 0) is 65.2 Å². The molecule has 0 aromatic carbocycles. The lowest BCUT2D eigenvalue weighted by molar-refractivity contribution is 0.667. The molecular formula is C12H16BrN. The maximum absolute atomic E-state index is 4.59. The fraction of sp³-hybridized carbons (Fsp3) is 0.583. The second-order valence-corrected chi connectivity index (χ2v) is 4.80. The molecule has 0 unspecified atom stereocenters. The van der Waals surface area contributed by atoms with Crippen molar-refractivity contribution in [3.8, 4) is 0 Å². The molecule has 0 bridgehead atoms. The molecule has 1 heterocycles. The van der Waals surface area contributed by atoms with E-state index >= 15 is 0 Å². The highest BCUT2D eigenvalue weighted by molar-refractivity contribution is 9.10. The molecule has 0 spiro atoms. The van der Waals surface area contributed by atoms with Crippen LogP contribution in [0.25, 0.3) is 0 Å². The SMILES string of the molecule is CCCc1nc(Br)cc2c1CCCC2. The topological polar surface area (TPSA) is 12.9 Å². The van der Waals surface area contributed by atoms with E-state index in [1.165, 1.54) is 43.4 Å². The van der Waals surface area contributed by atoms with Crippen molar-refractivity contribution in [3.63, 3.8) is 0 Å². The third-order valence-electron chi connectivity index (χ3n) is 2.88. The number of pyridine rings is 1. The zero-order chi connectivity index (χ0) is 9.97. The Morgan fingerprint density at radius 2 is 2.14 bits per heavy atom. The number of rotatable bonds is 2. The third kappa shape index (κ3) is 2.00. The fourth-order valence-electron chi connectivity index (χ4n) is 2.23. The lowest BCUT2D eigenvalue weighted by Crippen LogP contribution is -2.08. The molecule has 2 heteroatoms. The van der Waals surface area contributed by atoms with Crippen LogP contribution in [0.4, 0.5) is 0 Å². The summed E-state index contributed by atoms with van der Waals surface area (Å²) in [6, 6.07) is 2.20. The largest absolute Gasteiger partial charge is 0.246 e. The van der Waals surface area contributed by atoms with Gasteiger partial charge in [-0.3, -0.25) is 0 Å². The van der Waals surface area contributed by atoms with Crippen molar-refractivity contribution in [2.75, 3.05) is 0 Å². The van der Waals surface area contributed by atoms with E-state index in [1.807, 2.05) is 0 Å². The van der Waals surface area contributed by atoms with Crippen LogP contribution in [0.3, 0.4) is 0 Å². The number of aromatic nitrogens is 1. The van der Waals surface area contributed by atoms with Crippen LogP contribution in [0.15, 0.2) is 10.7 Å². The summed E-state index contributed by atoms with van der Waals surface area (Å²) in [5, 5.41) is 0. The maximum Gasteiger partial charge on any atom is 0.106 e. The molecular weight excluding hydrogens is 238 g/mol. The quantitative estimate of drug-likeness (QED) is 0.734. The molecule has 0 atom stereocenters. The van der Waals surface area contributed by atoms with Gasteiger partial charge in [0.15, 0.2) is 0 Å². The van der Waals surface area contributed by atoms with Gasteiger partial charge < -0.3 is 0 Å². The molecule has 0 saturated heterocycles. The summed E-state index contributed by atoms with van der Waals surface area (Å²) in [5.74, 6) is 0. The number of nitrogens with zero attached hydrogens (tertiary/aromatic N) is 1. The summed E-state index contributed by atoms with van der Waals surface area (Å²) in [5.41, 5.74) is 4.40. The van der Waals surface area contributed by atoms with Crippen molar-refractivity contribution in [3.05, 3.63) is 27.5 Å². The van der Waals surface area contributed by atoms with E-state index in [0.717, 1.165) is 11.0 Å². The highest BCUT2D eigenvalue weighted by Gasteiger charge is 2.14. The number of hydrogen-bond donors (Lipinski definition) is 0. The minimum absolute atomic E-state index is 1.02. The Labute approximate surface area is 94.1 Å². The van der Waals surface area contributed by atoms with Gasteiger partial charge in [0.1, 0.15) is 4.60 Å². The van der Waals surface area contributed by atoms with Gasteiger partial charge in [-0.1, -0.05) is 13.3 Å². The first-order valence-corrected chi connectivity index (χ1v) is 6.27. The van der Waals surface area contributed by atoms with Crippen LogP contribution in [0, 0.1) is 0 Å². The van der Waals surface area contributed by atoms with E-state index in [-0.39, 0.29) is 0 Å². The predicted octanol–water partition coefficient (Wildman–Crippen LogP) is 3.68. The summed E-state index contributed by atoms with van der Waals surface area (Å²) in [7, 11) is 0. The number of fused-ring (bicyclic) bond motifs is 1. The average Bonchev–Trinajstić information content (AvgIpc) is 2.18. The molecule has 0 radical (unpaired) electrons. The van der Waals surface area contributed by atoms with Crippen LogP contribution in [-0.2, 0) is 19.3 Å². The van der Waals surface area contributed by atoms with Gasteiger partial charge in [0, 0.05) is 5.69 Å². The maximum atomic E-state index is 4.59. The molecule has 0 saturated carbocycles. The highest BCUT2D eigenvalue weighted by Crippen LogP contribution is 2.26. The molecule has 76 valence electrons. The Bertz CT molecular complexity index is 333. The number of halogens is 1. The van der Waals surface area contributed by atoms with E-state index < -0.39 is 0 Å². The van der Waals surface area contributed by atoms with Crippen LogP contribution in [0.1, 0.15) is 43.0 Å². The van der Waals surface area contributed by atoms with Crippen LogP contribution >= 0.6 is 15.9 Å². The standard InChI is InChI=1S/C12H16BrN/c1-2-5-11-10-7-4-3-6-9(10)8-12(13)14-11/h8H,2-7H2,1H3. The van der Waals surface area contributed by atoms with E-state index in [4.69, 9.17) is 0 Å². The minimum atomic E-state index is 1.02. The Kier molecular flexibility index (Phi) is 3.22. The highest BCUT2D eigenvalue weighted by atomic mass is 79.9. The van der Waals surface area contributed by atoms with Crippen LogP contribution in [-0.4, -0.2) is 4.98 Å². The van der Waals surface area contributed by atoms with E-state index in [2.05, 4.69) is 33.9 Å². The first-order valence-electron chi connectivity index (χ1n) is 5.48. The van der Waals surface area contributed by atoms with Crippen molar-refractivity contribution < 1.29 is 0 Å². The summed E-state index contributed by atoms with van der Waals surface area (Å²) in [4.78, 5) is 4.59. The molecule has 1 aromatic rings. The number of aryl methyl sites for hydroxylation is 2. The zero-order valence-corrected chi connectivity index (χ0v) is 10.2. The van der Waals surface area contributed by atoms with Gasteiger partial charge >= 0.3 is 0 Å². The Hall–Kier alpha value is -0.370. The molecule has 1 nitrogen and oxygen atoms in total. The lowest BCUT2D eigenvalue weighted by Gasteiger charge is -2.18. The van der Waals surface area contributed by atoms with Gasteiger partial charge in [-0.2, -0.15) is 0 Å². The first-order chi connectivity index (χ1) is 6.81. The molecule has 0 amide bonds. The minimum Gasteiger partial charge on any atom is -0.246 e. The van der Waals surface area contributed by atoms with Crippen molar-refractivity contribution >= 4 is 15.9 Å². The lowest BCUT2D eigenvalue weighted by atomic mass is 9.90. The Balaban J connectivity index is 2.41. The van der Waals surface area contributed by atoms with Crippen LogP contribution in [0.5, 0.6) is 0 Å². The molecule has 0 N–H and O–H groups in total. The average molecular weight is 254 g/mol. The van der Waals surface area contributed by atoms with Crippen molar-refractivity contribution in [1.82, 2.24) is 4.98 Å². The van der Waals surface area contributed by atoms with Gasteiger partial charge in [0.05, 0.1) is 0 Å². The molecule has 1 aliphatic rings. The fourth-order valence-corrected chi connectivity index (χ4v) is 2.72.